The number of nitrogens with zero attached hydrogens (tertiary/aromatic N) is 2. The van der Waals surface area contributed by atoms with Crippen molar-refractivity contribution in [1.29, 1.82) is 0 Å². The van der Waals surface area contributed by atoms with Gasteiger partial charge >= 0.3 is 0 Å². The molecule has 3 aromatic rings. The van der Waals surface area contributed by atoms with E-state index in [1.807, 2.05) is 12.1 Å². The number of carbonyl (C=O) groups is 1. The molecular formula is C27H38N4O2. The molecule has 6 nitrogen and oxygen atoms in total. The molecule has 2 fully saturated rings. The van der Waals surface area contributed by atoms with Crippen molar-refractivity contribution in [3.8, 4) is 0 Å². The van der Waals surface area contributed by atoms with Gasteiger partial charge < -0.3 is 24.5 Å². The van der Waals surface area contributed by atoms with Gasteiger partial charge in [-0.25, -0.2) is 0 Å². The van der Waals surface area contributed by atoms with Crippen molar-refractivity contribution in [1.82, 2.24) is 20.1 Å². The van der Waals surface area contributed by atoms with Crippen LogP contribution in [-0.2, 0) is 0 Å². The molecule has 2 saturated heterocycles. The summed E-state index contributed by atoms with van der Waals surface area (Å²) >= 11 is 0. The average Bonchev–Trinajstić information content (AvgIpc) is 3.36. The highest BCUT2D eigenvalue weighted by atomic mass is 16.3. The second-order valence-electron chi connectivity index (χ2n) is 10.3. The molecule has 0 saturated carbocycles. The maximum atomic E-state index is 13.0. The topological polar surface area (TPSA) is 64.5 Å². The summed E-state index contributed by atoms with van der Waals surface area (Å²) in [5.41, 5.74) is 2.42. The number of rotatable bonds is 6. The second kappa shape index (κ2) is 9.90. The van der Waals surface area contributed by atoms with Crippen LogP contribution in [-0.4, -0.2) is 66.0 Å². The second-order valence-corrected chi connectivity index (χ2v) is 10.3. The molecule has 178 valence electrons. The molecule has 0 radical (unpaired) electrons. The Labute approximate surface area is 196 Å². The maximum absolute atomic E-state index is 13.0. The number of piperidine rings is 1. The van der Waals surface area contributed by atoms with Crippen molar-refractivity contribution in [2.24, 2.45) is 0 Å². The number of likely N-dealkylation sites (tertiary alicyclic amines) is 2. The van der Waals surface area contributed by atoms with Gasteiger partial charge in [-0.15, -0.1) is 0 Å². The van der Waals surface area contributed by atoms with Gasteiger partial charge in [0.25, 0.3) is 5.91 Å². The third-order valence-electron chi connectivity index (χ3n) is 7.47. The summed E-state index contributed by atoms with van der Waals surface area (Å²) < 4.78 is 6.11. The largest absolute Gasteiger partial charge is 0.460 e. The molecule has 6 heteroatoms. The molecule has 1 amide bonds. The Morgan fingerprint density at radius 1 is 1.03 bits per heavy atom. The van der Waals surface area contributed by atoms with Gasteiger partial charge in [-0.1, -0.05) is 26.7 Å². The van der Waals surface area contributed by atoms with Crippen molar-refractivity contribution in [3.63, 3.8) is 0 Å². The fraction of sp³-hybridized carbons (Fsp3) is 0.593. The number of hydrogen-bond acceptors (Lipinski definition) is 4. The minimum absolute atomic E-state index is 0.0157. The van der Waals surface area contributed by atoms with Crippen LogP contribution in [0.2, 0.25) is 0 Å². The van der Waals surface area contributed by atoms with E-state index >= 15 is 0 Å². The molecule has 2 aliphatic heterocycles. The van der Waals surface area contributed by atoms with E-state index in [4.69, 9.17) is 4.42 Å². The highest BCUT2D eigenvalue weighted by Gasteiger charge is 2.23. The molecule has 4 heterocycles. The van der Waals surface area contributed by atoms with Crippen LogP contribution >= 0.6 is 0 Å². The van der Waals surface area contributed by atoms with Crippen LogP contribution in [0.4, 0.5) is 0 Å². The number of hydrogen-bond donors (Lipinski definition) is 2. The van der Waals surface area contributed by atoms with E-state index in [9.17, 15) is 4.79 Å². The Morgan fingerprint density at radius 3 is 2.42 bits per heavy atom. The molecule has 2 aromatic heterocycles. The highest BCUT2D eigenvalue weighted by Crippen LogP contribution is 2.31. The van der Waals surface area contributed by atoms with Crippen LogP contribution in [0.25, 0.3) is 21.9 Å². The molecule has 33 heavy (non-hydrogen) atoms. The smallest absolute Gasteiger partial charge is 0.267 e. The third-order valence-corrected chi connectivity index (χ3v) is 7.47. The summed E-state index contributed by atoms with van der Waals surface area (Å²) in [6.45, 7) is 11.3. The van der Waals surface area contributed by atoms with Crippen molar-refractivity contribution in [2.75, 3.05) is 39.3 Å². The predicted molar refractivity (Wildman–Crippen MR) is 134 cm³/mol. The SMILES string of the molecule is CC(C)c1cc2ccc3[nH]c(C(=O)NC4CCN(CCN5CCCCCC5)CC4)cc3c2o1. The van der Waals surface area contributed by atoms with E-state index in [1.54, 1.807) is 0 Å². The zero-order valence-electron chi connectivity index (χ0n) is 20.2. The highest BCUT2D eigenvalue weighted by molar-refractivity contribution is 6.07. The zero-order valence-corrected chi connectivity index (χ0v) is 20.2. The molecule has 5 rings (SSSR count). The number of furan rings is 1. The predicted octanol–water partition coefficient (Wildman–Crippen LogP) is 5.11. The maximum Gasteiger partial charge on any atom is 0.267 e. The van der Waals surface area contributed by atoms with Crippen molar-refractivity contribution in [2.45, 2.75) is 64.3 Å². The summed E-state index contributed by atoms with van der Waals surface area (Å²) in [6, 6.07) is 8.39. The summed E-state index contributed by atoms with van der Waals surface area (Å²) in [5, 5.41) is 5.33. The lowest BCUT2D eigenvalue weighted by Crippen LogP contribution is -2.46. The first kappa shape index (κ1) is 22.5. The van der Waals surface area contributed by atoms with E-state index in [0.29, 0.717) is 11.6 Å². The van der Waals surface area contributed by atoms with Gasteiger partial charge in [0, 0.05) is 54.4 Å². The van der Waals surface area contributed by atoms with Crippen LogP contribution in [0, 0.1) is 0 Å². The number of aromatic amines is 1. The Hall–Kier alpha value is -2.31. The van der Waals surface area contributed by atoms with Crippen molar-refractivity contribution < 1.29 is 9.21 Å². The summed E-state index contributed by atoms with van der Waals surface area (Å²) in [6.07, 6.45) is 7.53. The quantitative estimate of drug-likeness (QED) is 0.548. The van der Waals surface area contributed by atoms with E-state index in [0.717, 1.165) is 60.1 Å². The normalized spacial score (nSPS) is 19.5. The lowest BCUT2D eigenvalue weighted by Gasteiger charge is -2.33. The van der Waals surface area contributed by atoms with Gasteiger partial charge in [-0.3, -0.25) is 4.79 Å². The summed E-state index contributed by atoms with van der Waals surface area (Å²) in [7, 11) is 0. The Balaban J connectivity index is 1.16. The number of carbonyl (C=O) groups excluding carboxylic acids is 1. The summed E-state index contributed by atoms with van der Waals surface area (Å²) in [5.74, 6) is 1.30. The Morgan fingerprint density at radius 2 is 1.73 bits per heavy atom. The van der Waals surface area contributed by atoms with Crippen molar-refractivity contribution in [3.05, 3.63) is 35.7 Å². The van der Waals surface area contributed by atoms with E-state index in [1.165, 1.54) is 45.3 Å². The minimum atomic E-state index is -0.0157. The number of amides is 1. The molecular weight excluding hydrogens is 412 g/mol. The van der Waals surface area contributed by atoms with Crippen molar-refractivity contribution >= 4 is 27.8 Å². The molecule has 0 bridgehead atoms. The molecule has 2 aliphatic rings. The number of fused-ring (bicyclic) bond motifs is 3. The van der Waals surface area contributed by atoms with Gasteiger partial charge in [0.15, 0.2) is 0 Å². The number of benzene rings is 1. The Bertz CT molecular complexity index is 1080. The fourth-order valence-electron chi connectivity index (χ4n) is 5.34. The first-order chi connectivity index (χ1) is 16.1. The fourth-order valence-corrected chi connectivity index (χ4v) is 5.34. The summed E-state index contributed by atoms with van der Waals surface area (Å²) in [4.78, 5) is 21.5. The lowest BCUT2D eigenvalue weighted by atomic mass is 10.0. The number of nitrogens with one attached hydrogen (secondary N) is 2. The average molecular weight is 451 g/mol. The van der Waals surface area contributed by atoms with Gasteiger partial charge in [0.2, 0.25) is 0 Å². The Kier molecular flexibility index (Phi) is 6.74. The number of aromatic nitrogens is 1. The van der Waals surface area contributed by atoms with Crippen LogP contribution < -0.4 is 5.32 Å². The molecule has 2 N–H and O–H groups in total. The molecule has 0 aliphatic carbocycles. The third kappa shape index (κ3) is 5.12. The van der Waals surface area contributed by atoms with Crippen LogP contribution in [0.3, 0.4) is 0 Å². The first-order valence-corrected chi connectivity index (χ1v) is 12.9. The van der Waals surface area contributed by atoms with Crippen LogP contribution in [0.1, 0.15) is 74.5 Å². The molecule has 0 atom stereocenters. The molecule has 0 unspecified atom stereocenters. The van der Waals surface area contributed by atoms with E-state index < -0.39 is 0 Å². The van der Waals surface area contributed by atoms with Crippen LogP contribution in [0.15, 0.2) is 28.7 Å². The first-order valence-electron chi connectivity index (χ1n) is 12.9. The van der Waals surface area contributed by atoms with Gasteiger partial charge in [0.1, 0.15) is 17.0 Å². The monoisotopic (exact) mass is 450 g/mol. The van der Waals surface area contributed by atoms with E-state index in [-0.39, 0.29) is 11.9 Å². The molecule has 0 spiro atoms. The minimum Gasteiger partial charge on any atom is -0.460 e. The van der Waals surface area contributed by atoms with Crippen LogP contribution in [0.5, 0.6) is 0 Å². The van der Waals surface area contributed by atoms with Gasteiger partial charge in [0.05, 0.1) is 0 Å². The standard InChI is InChI=1S/C27H38N4O2/c1-19(2)25-17-20-7-8-23-22(26(20)33-25)18-24(29-23)27(32)28-21-9-13-31(14-10-21)16-15-30-11-5-3-4-6-12-30/h7-8,17-19,21,29H,3-6,9-16H2,1-2H3,(H,28,32). The van der Waals surface area contributed by atoms with Gasteiger partial charge in [-0.2, -0.15) is 0 Å². The zero-order chi connectivity index (χ0) is 22.8. The lowest BCUT2D eigenvalue weighted by molar-refractivity contribution is 0.0902. The van der Waals surface area contributed by atoms with E-state index in [2.05, 4.69) is 46.1 Å². The number of H-pyrrole nitrogens is 1. The van der Waals surface area contributed by atoms with Gasteiger partial charge in [-0.05, 0) is 63.0 Å². The molecule has 1 aromatic carbocycles.